The number of benzene rings is 5. The first kappa shape index (κ1) is 32.7. The summed E-state index contributed by atoms with van der Waals surface area (Å²) in [6.07, 6.45) is 8.89. The van der Waals surface area contributed by atoms with Crippen molar-refractivity contribution >= 4 is 0 Å². The van der Waals surface area contributed by atoms with Gasteiger partial charge in [-0.05, 0) is 68.4 Å². The summed E-state index contributed by atoms with van der Waals surface area (Å²) in [4.78, 5) is 9.43. The van der Waals surface area contributed by atoms with Crippen LogP contribution in [0.15, 0.2) is 170 Å². The van der Waals surface area contributed by atoms with Crippen LogP contribution in [0.2, 0.25) is 0 Å². The van der Waals surface area contributed by atoms with Gasteiger partial charge in [0.05, 0.1) is 5.69 Å². The van der Waals surface area contributed by atoms with E-state index in [0.717, 1.165) is 75.3 Å². The average molecular weight is 678 g/mol. The summed E-state index contributed by atoms with van der Waals surface area (Å²) in [5, 5.41) is 14.1. The smallest absolute Gasteiger partial charge is 0.184 e. The monoisotopic (exact) mass is 677 g/mol. The molecule has 0 saturated carbocycles. The molecule has 0 saturated heterocycles. The van der Waals surface area contributed by atoms with E-state index in [1.807, 2.05) is 41.2 Å². The molecule has 52 heavy (non-hydrogen) atoms. The third-order valence-corrected chi connectivity index (χ3v) is 9.69. The van der Waals surface area contributed by atoms with E-state index in [1.54, 1.807) is 6.20 Å². The maximum Gasteiger partial charge on any atom is 0.184 e. The number of hydrogen-bond acceptors (Lipinski definition) is 5. The van der Waals surface area contributed by atoms with Crippen molar-refractivity contribution in [2.75, 3.05) is 0 Å². The Morgan fingerprint density at radius 1 is 0.635 bits per heavy atom. The molecule has 0 aliphatic rings. The Kier molecular flexibility index (Phi) is 9.31. The van der Waals surface area contributed by atoms with E-state index in [0.29, 0.717) is 12.4 Å². The van der Waals surface area contributed by atoms with Crippen LogP contribution in [0.5, 0.6) is 0 Å². The Balaban J connectivity index is 1.34. The number of pyridine rings is 1. The first-order valence-electron chi connectivity index (χ1n) is 17.9. The van der Waals surface area contributed by atoms with Crippen LogP contribution in [-0.4, -0.2) is 34.7 Å². The SMILES string of the molecule is CCCCc1nc(-c2cccnc2)cn1Cc1ccc(-c2ccccc2)c(-c2nnnn2C(c2ccccc2)(c2ccccc2)c2ccccc2)c1. The van der Waals surface area contributed by atoms with Gasteiger partial charge in [-0.15, -0.1) is 5.10 Å². The third kappa shape index (κ3) is 6.22. The maximum atomic E-state index is 5.09. The molecular formula is C45H39N7. The number of tetrazole rings is 1. The van der Waals surface area contributed by atoms with Crippen LogP contribution >= 0.6 is 0 Å². The lowest BCUT2D eigenvalue weighted by Crippen LogP contribution is -2.39. The number of unbranched alkanes of at least 4 members (excludes halogenated alkanes) is 1. The molecule has 0 unspecified atom stereocenters. The Bertz CT molecular complexity index is 2260. The van der Waals surface area contributed by atoms with Crippen LogP contribution in [0.4, 0.5) is 0 Å². The number of nitrogens with zero attached hydrogens (tertiary/aromatic N) is 7. The largest absolute Gasteiger partial charge is 0.330 e. The molecule has 0 aliphatic carbocycles. The van der Waals surface area contributed by atoms with E-state index in [4.69, 9.17) is 15.3 Å². The lowest BCUT2D eigenvalue weighted by atomic mass is 9.77. The number of hydrogen-bond donors (Lipinski definition) is 0. The fourth-order valence-electron chi connectivity index (χ4n) is 7.21. The fraction of sp³-hybridized carbons (Fsp3) is 0.133. The van der Waals surface area contributed by atoms with E-state index in [2.05, 4.69) is 149 Å². The van der Waals surface area contributed by atoms with Crippen LogP contribution in [0.3, 0.4) is 0 Å². The summed E-state index contributed by atoms with van der Waals surface area (Å²) >= 11 is 0. The maximum absolute atomic E-state index is 5.09. The van der Waals surface area contributed by atoms with Crippen LogP contribution < -0.4 is 0 Å². The highest BCUT2D eigenvalue weighted by atomic mass is 15.6. The zero-order valence-electron chi connectivity index (χ0n) is 29.1. The predicted octanol–water partition coefficient (Wildman–Crippen LogP) is 9.50. The molecule has 7 nitrogen and oxygen atoms in total. The summed E-state index contributed by atoms with van der Waals surface area (Å²) in [6, 6.07) is 52.8. The molecule has 8 rings (SSSR count). The van der Waals surface area contributed by atoms with Gasteiger partial charge in [0.1, 0.15) is 11.4 Å². The molecule has 0 aliphatic heterocycles. The third-order valence-electron chi connectivity index (χ3n) is 9.69. The molecule has 3 heterocycles. The Labute approximate surface area is 304 Å². The van der Waals surface area contributed by atoms with Gasteiger partial charge in [0.2, 0.25) is 0 Å². The van der Waals surface area contributed by atoms with Crippen LogP contribution in [-0.2, 0) is 18.5 Å². The van der Waals surface area contributed by atoms with Crippen molar-refractivity contribution < 1.29 is 0 Å². The molecule has 0 fully saturated rings. The molecule has 3 aromatic heterocycles. The van der Waals surface area contributed by atoms with Crippen molar-refractivity contribution in [2.24, 2.45) is 0 Å². The van der Waals surface area contributed by atoms with Crippen molar-refractivity contribution in [3.05, 3.63) is 198 Å². The fourth-order valence-corrected chi connectivity index (χ4v) is 7.21. The van der Waals surface area contributed by atoms with Crippen LogP contribution in [0.1, 0.15) is 47.8 Å². The molecule has 254 valence electrons. The minimum Gasteiger partial charge on any atom is -0.330 e. The second kappa shape index (κ2) is 14.8. The molecule has 0 N–H and O–H groups in total. The second-order valence-electron chi connectivity index (χ2n) is 13.0. The number of aryl methyl sites for hydroxylation is 1. The Morgan fingerprint density at radius 2 is 1.25 bits per heavy atom. The average Bonchev–Trinajstić information content (AvgIpc) is 3.87. The molecular weight excluding hydrogens is 639 g/mol. The van der Waals surface area contributed by atoms with E-state index in [1.165, 1.54) is 0 Å². The normalized spacial score (nSPS) is 11.5. The standard InChI is InChI=1S/C45H39N7/c1-2-3-26-43-47-42(36-19-16-29-46-31-36)33-51(43)32-34-27-28-40(35-17-8-4-9-18-35)41(30-34)44-48-49-50-52(44)45(37-20-10-5-11-21-37,38-22-12-6-13-23-38)39-24-14-7-15-25-39/h4-25,27-31,33H,2-3,26,32H2,1H3. The van der Waals surface area contributed by atoms with Gasteiger partial charge in [0, 0.05) is 42.7 Å². The van der Waals surface area contributed by atoms with Crippen LogP contribution in [0, 0.1) is 0 Å². The summed E-state index contributed by atoms with van der Waals surface area (Å²) in [7, 11) is 0. The number of imidazole rings is 1. The van der Waals surface area contributed by atoms with Crippen molar-refractivity contribution in [2.45, 2.75) is 38.3 Å². The highest BCUT2D eigenvalue weighted by Crippen LogP contribution is 2.43. The van der Waals surface area contributed by atoms with E-state index < -0.39 is 5.54 Å². The van der Waals surface area contributed by atoms with E-state index >= 15 is 0 Å². The first-order valence-corrected chi connectivity index (χ1v) is 17.9. The molecule has 8 aromatic rings. The quantitative estimate of drug-likeness (QED) is 0.121. The zero-order valence-corrected chi connectivity index (χ0v) is 29.1. The minimum absolute atomic E-state index is 0.650. The summed E-state index contributed by atoms with van der Waals surface area (Å²) in [5.74, 6) is 1.74. The van der Waals surface area contributed by atoms with Crippen LogP contribution in [0.25, 0.3) is 33.8 Å². The first-order chi connectivity index (χ1) is 25.8. The zero-order chi connectivity index (χ0) is 35.2. The number of aromatic nitrogens is 7. The topological polar surface area (TPSA) is 74.3 Å². The minimum atomic E-state index is -0.872. The predicted molar refractivity (Wildman–Crippen MR) is 206 cm³/mol. The van der Waals surface area contributed by atoms with Crippen molar-refractivity contribution in [3.8, 4) is 33.8 Å². The molecule has 0 bridgehead atoms. The summed E-state index contributed by atoms with van der Waals surface area (Å²) < 4.78 is 4.30. The molecule has 5 aromatic carbocycles. The molecule has 0 radical (unpaired) electrons. The summed E-state index contributed by atoms with van der Waals surface area (Å²) in [5.41, 5.74) is 8.46. The van der Waals surface area contributed by atoms with Gasteiger partial charge in [0.25, 0.3) is 0 Å². The highest BCUT2D eigenvalue weighted by Gasteiger charge is 2.42. The molecule has 0 atom stereocenters. The van der Waals surface area contributed by atoms with Gasteiger partial charge in [-0.2, -0.15) is 0 Å². The Hall–Kier alpha value is -6.47. The van der Waals surface area contributed by atoms with Gasteiger partial charge >= 0.3 is 0 Å². The van der Waals surface area contributed by atoms with Gasteiger partial charge in [0.15, 0.2) is 5.82 Å². The lowest BCUT2D eigenvalue weighted by molar-refractivity contribution is 0.451. The molecule has 0 amide bonds. The van der Waals surface area contributed by atoms with E-state index in [9.17, 15) is 0 Å². The lowest BCUT2D eigenvalue weighted by Gasteiger charge is -2.36. The van der Waals surface area contributed by atoms with Gasteiger partial charge in [-0.3, -0.25) is 4.98 Å². The second-order valence-corrected chi connectivity index (χ2v) is 13.0. The van der Waals surface area contributed by atoms with Gasteiger partial charge in [-0.1, -0.05) is 147 Å². The van der Waals surface area contributed by atoms with Gasteiger partial charge < -0.3 is 4.57 Å². The van der Waals surface area contributed by atoms with Gasteiger partial charge in [-0.25, -0.2) is 9.67 Å². The molecule has 0 spiro atoms. The Morgan fingerprint density at radius 3 is 1.85 bits per heavy atom. The van der Waals surface area contributed by atoms with Crippen molar-refractivity contribution in [1.82, 2.24) is 34.7 Å². The highest BCUT2D eigenvalue weighted by molar-refractivity contribution is 5.81. The van der Waals surface area contributed by atoms with Crippen molar-refractivity contribution in [3.63, 3.8) is 0 Å². The molecule has 7 heteroatoms. The van der Waals surface area contributed by atoms with Crippen molar-refractivity contribution in [1.29, 1.82) is 0 Å². The van der Waals surface area contributed by atoms with E-state index in [-0.39, 0.29) is 0 Å². The summed E-state index contributed by atoms with van der Waals surface area (Å²) in [6.45, 7) is 2.87. The number of rotatable bonds is 12.